The van der Waals surface area contributed by atoms with E-state index in [2.05, 4.69) is 16.0 Å². The monoisotopic (exact) mass is 225 g/mol. The summed E-state index contributed by atoms with van der Waals surface area (Å²) in [6.07, 6.45) is 3.77. The summed E-state index contributed by atoms with van der Waals surface area (Å²) in [5.74, 6) is -0.169. The Hall–Kier alpha value is -1.10. The minimum atomic E-state index is -0.163. The molecule has 0 aliphatic carbocycles. The smallest absolute Gasteiger partial charge is 0.225 e. The van der Waals surface area contributed by atoms with Gasteiger partial charge in [-0.25, -0.2) is 0 Å². The van der Waals surface area contributed by atoms with Crippen LogP contribution >= 0.6 is 0 Å². The third kappa shape index (κ3) is 2.95. The molecule has 2 atom stereocenters. The van der Waals surface area contributed by atoms with E-state index >= 15 is 0 Å². The van der Waals surface area contributed by atoms with Crippen LogP contribution < -0.4 is 16.0 Å². The van der Waals surface area contributed by atoms with Crippen molar-refractivity contribution in [1.29, 1.82) is 0 Å². The maximum atomic E-state index is 11.6. The van der Waals surface area contributed by atoms with Crippen LogP contribution in [-0.2, 0) is 9.59 Å². The standard InChI is InChI=1S/C11H19N3O2/c15-10-6-8(7-14-10)11(16)13-5-3-9-2-1-4-12-9/h8-9,12H,1-7H2,(H,13,16)(H,14,15)/t8?,9-/m1/s1. The Morgan fingerprint density at radius 2 is 2.38 bits per heavy atom. The summed E-state index contributed by atoms with van der Waals surface area (Å²) in [4.78, 5) is 22.6. The zero-order valence-corrected chi connectivity index (χ0v) is 9.42. The lowest BCUT2D eigenvalue weighted by Gasteiger charge is -2.12. The van der Waals surface area contributed by atoms with Crippen molar-refractivity contribution >= 4 is 11.8 Å². The van der Waals surface area contributed by atoms with Crippen LogP contribution in [0, 0.1) is 5.92 Å². The molecule has 5 nitrogen and oxygen atoms in total. The van der Waals surface area contributed by atoms with Gasteiger partial charge < -0.3 is 16.0 Å². The summed E-state index contributed by atoms with van der Waals surface area (Å²) in [5, 5.41) is 8.96. The van der Waals surface area contributed by atoms with Gasteiger partial charge in [-0.2, -0.15) is 0 Å². The molecule has 0 aromatic heterocycles. The van der Waals surface area contributed by atoms with Crippen LogP contribution in [0.3, 0.4) is 0 Å². The topological polar surface area (TPSA) is 70.2 Å². The van der Waals surface area contributed by atoms with E-state index < -0.39 is 0 Å². The maximum absolute atomic E-state index is 11.6. The van der Waals surface area contributed by atoms with Gasteiger partial charge in [0.1, 0.15) is 0 Å². The zero-order chi connectivity index (χ0) is 11.4. The molecule has 0 saturated carbocycles. The molecular formula is C11H19N3O2. The van der Waals surface area contributed by atoms with Gasteiger partial charge in [0, 0.05) is 25.6 Å². The third-order valence-electron chi connectivity index (χ3n) is 3.30. The fraction of sp³-hybridized carbons (Fsp3) is 0.818. The molecule has 1 unspecified atom stereocenters. The molecule has 90 valence electrons. The molecule has 0 radical (unpaired) electrons. The molecule has 0 aromatic rings. The van der Waals surface area contributed by atoms with Crippen molar-refractivity contribution < 1.29 is 9.59 Å². The van der Waals surface area contributed by atoms with Gasteiger partial charge in [-0.05, 0) is 25.8 Å². The van der Waals surface area contributed by atoms with Gasteiger partial charge in [0.2, 0.25) is 11.8 Å². The molecule has 2 heterocycles. The van der Waals surface area contributed by atoms with Crippen molar-refractivity contribution in [2.45, 2.75) is 31.7 Å². The number of hydrogen-bond acceptors (Lipinski definition) is 3. The van der Waals surface area contributed by atoms with Crippen LogP contribution in [0.25, 0.3) is 0 Å². The SMILES string of the molecule is O=C1CC(C(=O)NCC[C@H]2CCCN2)CN1. The van der Waals surface area contributed by atoms with Crippen LogP contribution in [0.2, 0.25) is 0 Å². The van der Waals surface area contributed by atoms with E-state index in [4.69, 9.17) is 0 Å². The zero-order valence-electron chi connectivity index (χ0n) is 9.42. The van der Waals surface area contributed by atoms with Gasteiger partial charge >= 0.3 is 0 Å². The van der Waals surface area contributed by atoms with Gasteiger partial charge in [0.25, 0.3) is 0 Å². The number of rotatable bonds is 4. The highest BCUT2D eigenvalue weighted by Crippen LogP contribution is 2.10. The second-order valence-electron chi connectivity index (χ2n) is 4.58. The Kier molecular flexibility index (Phi) is 3.77. The molecule has 16 heavy (non-hydrogen) atoms. The summed E-state index contributed by atoms with van der Waals surface area (Å²) in [7, 11) is 0. The first-order valence-corrected chi connectivity index (χ1v) is 6.03. The van der Waals surface area contributed by atoms with Crippen molar-refractivity contribution in [3.8, 4) is 0 Å². The Morgan fingerprint density at radius 3 is 3.00 bits per heavy atom. The van der Waals surface area contributed by atoms with E-state index in [1.165, 1.54) is 12.8 Å². The average molecular weight is 225 g/mol. The minimum Gasteiger partial charge on any atom is -0.356 e. The van der Waals surface area contributed by atoms with Crippen molar-refractivity contribution in [3.63, 3.8) is 0 Å². The van der Waals surface area contributed by atoms with E-state index in [0.29, 0.717) is 25.6 Å². The second kappa shape index (κ2) is 5.30. The van der Waals surface area contributed by atoms with E-state index in [1.807, 2.05) is 0 Å². The highest BCUT2D eigenvalue weighted by atomic mass is 16.2. The van der Waals surface area contributed by atoms with Gasteiger partial charge in [0.15, 0.2) is 0 Å². The maximum Gasteiger partial charge on any atom is 0.225 e. The minimum absolute atomic E-state index is 0.0105. The fourth-order valence-electron chi connectivity index (χ4n) is 2.31. The second-order valence-corrected chi connectivity index (χ2v) is 4.58. The molecule has 0 bridgehead atoms. The summed E-state index contributed by atoms with van der Waals surface area (Å²) in [6, 6.07) is 0.559. The lowest BCUT2D eigenvalue weighted by atomic mass is 10.1. The first kappa shape index (κ1) is 11.4. The number of carbonyl (C=O) groups excluding carboxylic acids is 2. The predicted octanol–water partition coefficient (Wildman–Crippen LogP) is -0.619. The molecule has 2 fully saturated rings. The third-order valence-corrected chi connectivity index (χ3v) is 3.30. The van der Waals surface area contributed by atoms with Crippen LogP contribution in [0.5, 0.6) is 0 Å². The Balaban J connectivity index is 1.61. The van der Waals surface area contributed by atoms with Crippen molar-refractivity contribution in [3.05, 3.63) is 0 Å². The molecule has 2 saturated heterocycles. The van der Waals surface area contributed by atoms with Crippen molar-refractivity contribution in [2.75, 3.05) is 19.6 Å². The molecule has 0 aromatic carbocycles. The molecule has 5 heteroatoms. The molecule has 0 spiro atoms. The summed E-state index contributed by atoms with van der Waals surface area (Å²) in [6.45, 7) is 2.30. The first-order chi connectivity index (χ1) is 7.75. The van der Waals surface area contributed by atoms with Gasteiger partial charge in [0.05, 0.1) is 5.92 Å². The van der Waals surface area contributed by atoms with Crippen molar-refractivity contribution in [2.24, 2.45) is 5.92 Å². The normalized spacial score (nSPS) is 29.1. The van der Waals surface area contributed by atoms with Gasteiger partial charge in [-0.1, -0.05) is 0 Å². The largest absolute Gasteiger partial charge is 0.356 e. The van der Waals surface area contributed by atoms with Crippen LogP contribution in [-0.4, -0.2) is 37.5 Å². The predicted molar refractivity (Wildman–Crippen MR) is 59.8 cm³/mol. The number of hydrogen-bond donors (Lipinski definition) is 3. The lowest BCUT2D eigenvalue weighted by Crippen LogP contribution is -2.35. The Bertz CT molecular complexity index is 274. The fourth-order valence-corrected chi connectivity index (χ4v) is 2.31. The Morgan fingerprint density at radius 1 is 1.50 bits per heavy atom. The van der Waals surface area contributed by atoms with Gasteiger partial charge in [-0.15, -0.1) is 0 Å². The Labute approximate surface area is 95.3 Å². The number of amides is 2. The first-order valence-electron chi connectivity index (χ1n) is 6.03. The molecule has 2 aliphatic rings. The van der Waals surface area contributed by atoms with Gasteiger partial charge in [-0.3, -0.25) is 9.59 Å². The summed E-state index contributed by atoms with van der Waals surface area (Å²) >= 11 is 0. The van der Waals surface area contributed by atoms with E-state index in [9.17, 15) is 9.59 Å². The highest BCUT2D eigenvalue weighted by molar-refractivity contribution is 5.89. The number of carbonyl (C=O) groups is 2. The molecule has 2 aliphatic heterocycles. The number of nitrogens with one attached hydrogen (secondary N) is 3. The molecule has 2 amide bonds. The van der Waals surface area contributed by atoms with Crippen LogP contribution in [0.15, 0.2) is 0 Å². The summed E-state index contributed by atoms with van der Waals surface area (Å²) in [5.41, 5.74) is 0. The van der Waals surface area contributed by atoms with E-state index in [0.717, 1.165) is 13.0 Å². The summed E-state index contributed by atoms with van der Waals surface area (Å²) < 4.78 is 0. The quantitative estimate of drug-likeness (QED) is 0.597. The molecular weight excluding hydrogens is 206 g/mol. The highest BCUT2D eigenvalue weighted by Gasteiger charge is 2.27. The molecule has 3 N–H and O–H groups in total. The van der Waals surface area contributed by atoms with E-state index in [1.54, 1.807) is 0 Å². The van der Waals surface area contributed by atoms with E-state index in [-0.39, 0.29) is 17.7 Å². The lowest BCUT2D eigenvalue weighted by molar-refractivity contribution is -0.126. The van der Waals surface area contributed by atoms with Crippen LogP contribution in [0.1, 0.15) is 25.7 Å². The molecule has 2 rings (SSSR count). The average Bonchev–Trinajstić information content (AvgIpc) is 2.89. The van der Waals surface area contributed by atoms with Crippen molar-refractivity contribution in [1.82, 2.24) is 16.0 Å². The van der Waals surface area contributed by atoms with Crippen LogP contribution in [0.4, 0.5) is 0 Å².